The van der Waals surface area contributed by atoms with Crippen LogP contribution in [0.5, 0.6) is 5.75 Å². The van der Waals surface area contributed by atoms with E-state index in [1.54, 1.807) is 12.3 Å². The van der Waals surface area contributed by atoms with Crippen LogP contribution in [0.4, 0.5) is 0 Å². The predicted molar refractivity (Wildman–Crippen MR) is 103 cm³/mol. The van der Waals surface area contributed by atoms with E-state index in [4.69, 9.17) is 4.74 Å². The molecule has 2 N–H and O–H groups in total. The first-order valence-corrected chi connectivity index (χ1v) is 9.43. The van der Waals surface area contributed by atoms with E-state index in [0.717, 1.165) is 43.6 Å². The Balaban J connectivity index is 1.38. The lowest BCUT2D eigenvalue weighted by atomic mass is 9.82. The van der Waals surface area contributed by atoms with E-state index in [2.05, 4.69) is 15.2 Å². The molecule has 1 atom stereocenters. The Morgan fingerprint density at radius 3 is 2.59 bits per heavy atom. The van der Waals surface area contributed by atoms with E-state index >= 15 is 0 Å². The second-order valence-electron chi connectivity index (χ2n) is 7.60. The summed E-state index contributed by atoms with van der Waals surface area (Å²) in [5.74, 6) is 0.432. The number of piperidine rings is 1. The molecule has 0 bridgehead atoms. The molecule has 6 heteroatoms. The topological polar surface area (TPSA) is 74.4 Å². The molecule has 3 heterocycles. The number of aromatic amines is 1. The minimum absolute atomic E-state index is 0.0457. The van der Waals surface area contributed by atoms with Gasteiger partial charge in [0.15, 0.2) is 5.75 Å². The first-order valence-electron chi connectivity index (χ1n) is 9.43. The zero-order valence-electron chi connectivity index (χ0n) is 15.5. The van der Waals surface area contributed by atoms with Crippen molar-refractivity contribution in [3.8, 4) is 5.75 Å². The van der Waals surface area contributed by atoms with Crippen LogP contribution >= 0.6 is 0 Å². The van der Waals surface area contributed by atoms with Crippen LogP contribution in [-0.4, -0.2) is 41.5 Å². The van der Waals surface area contributed by atoms with Crippen molar-refractivity contribution >= 4 is 5.91 Å². The summed E-state index contributed by atoms with van der Waals surface area (Å²) in [6.45, 7) is 2.50. The molecule has 1 unspecified atom stereocenters. The number of rotatable bonds is 4. The monoisotopic (exact) mass is 367 g/mol. The summed E-state index contributed by atoms with van der Waals surface area (Å²) < 4.78 is 5.01. The highest BCUT2D eigenvalue weighted by Gasteiger charge is 2.46. The molecule has 2 fully saturated rings. The van der Waals surface area contributed by atoms with Gasteiger partial charge in [0.05, 0.1) is 13.0 Å². The maximum absolute atomic E-state index is 12.5. The Labute approximate surface area is 158 Å². The molecule has 4 rings (SSSR count). The van der Waals surface area contributed by atoms with Crippen molar-refractivity contribution < 1.29 is 9.53 Å². The zero-order valence-corrected chi connectivity index (χ0v) is 15.5. The summed E-state index contributed by atoms with van der Waals surface area (Å²) in [4.78, 5) is 29.9. The van der Waals surface area contributed by atoms with Gasteiger partial charge in [-0.1, -0.05) is 30.3 Å². The molecule has 2 saturated heterocycles. The number of nitrogens with one attached hydrogen (secondary N) is 2. The Morgan fingerprint density at radius 1 is 1.19 bits per heavy atom. The van der Waals surface area contributed by atoms with Crippen molar-refractivity contribution in [2.24, 2.45) is 0 Å². The smallest absolute Gasteiger partial charge is 0.228 e. The number of carbonyl (C=O) groups excluding carboxylic acids is 1. The number of hydrogen-bond donors (Lipinski definition) is 2. The lowest BCUT2D eigenvalue weighted by molar-refractivity contribution is -0.121. The van der Waals surface area contributed by atoms with E-state index in [1.165, 1.54) is 7.11 Å². The van der Waals surface area contributed by atoms with Crippen LogP contribution in [0.2, 0.25) is 0 Å². The Kier molecular flexibility index (Phi) is 4.74. The van der Waals surface area contributed by atoms with Crippen molar-refractivity contribution in [1.29, 1.82) is 0 Å². The Morgan fingerprint density at radius 2 is 1.93 bits per heavy atom. The third-order valence-corrected chi connectivity index (χ3v) is 5.87. The van der Waals surface area contributed by atoms with Crippen LogP contribution in [0.3, 0.4) is 0 Å². The fraction of sp³-hybridized carbons (Fsp3) is 0.429. The molecular weight excluding hydrogens is 342 g/mol. The van der Waals surface area contributed by atoms with Gasteiger partial charge in [0.2, 0.25) is 11.3 Å². The van der Waals surface area contributed by atoms with Gasteiger partial charge in [-0.05, 0) is 24.8 Å². The van der Waals surface area contributed by atoms with Gasteiger partial charge in [-0.15, -0.1) is 0 Å². The van der Waals surface area contributed by atoms with Crippen molar-refractivity contribution in [2.45, 2.75) is 37.3 Å². The SMILES string of the molecule is COc1c[nH]c(CN2CCC3(CC2)CC(c2ccccc2)C(=O)N3)cc1=O. The Hall–Kier alpha value is -2.60. The number of aromatic nitrogens is 1. The number of likely N-dealkylation sites (tertiary alicyclic amines) is 1. The summed E-state index contributed by atoms with van der Waals surface area (Å²) in [6.07, 6.45) is 4.35. The molecule has 2 aromatic rings. The highest BCUT2D eigenvalue weighted by molar-refractivity contribution is 5.87. The van der Waals surface area contributed by atoms with Crippen LogP contribution in [0, 0.1) is 0 Å². The molecule has 1 aromatic heterocycles. The maximum Gasteiger partial charge on any atom is 0.228 e. The van der Waals surface area contributed by atoms with Gasteiger partial charge in [-0.25, -0.2) is 0 Å². The second kappa shape index (κ2) is 7.19. The van der Waals surface area contributed by atoms with Gasteiger partial charge < -0.3 is 15.0 Å². The summed E-state index contributed by atoms with van der Waals surface area (Å²) in [6, 6.07) is 11.6. The lowest BCUT2D eigenvalue weighted by Crippen LogP contribution is -2.50. The van der Waals surface area contributed by atoms with Gasteiger partial charge in [-0.3, -0.25) is 14.5 Å². The number of pyridine rings is 1. The molecule has 2 aliphatic heterocycles. The van der Waals surface area contributed by atoms with Gasteiger partial charge in [0.25, 0.3) is 0 Å². The number of hydrogen-bond acceptors (Lipinski definition) is 4. The molecule has 142 valence electrons. The van der Waals surface area contributed by atoms with E-state index in [-0.39, 0.29) is 22.8 Å². The van der Waals surface area contributed by atoms with Gasteiger partial charge in [-0.2, -0.15) is 0 Å². The van der Waals surface area contributed by atoms with Crippen LogP contribution in [0.25, 0.3) is 0 Å². The largest absolute Gasteiger partial charge is 0.491 e. The molecule has 1 amide bonds. The number of H-pyrrole nitrogens is 1. The van der Waals surface area contributed by atoms with Gasteiger partial charge in [0.1, 0.15) is 0 Å². The molecule has 1 spiro atoms. The molecule has 6 nitrogen and oxygen atoms in total. The van der Waals surface area contributed by atoms with Gasteiger partial charge in [0, 0.05) is 43.1 Å². The van der Waals surface area contributed by atoms with Crippen LogP contribution in [-0.2, 0) is 11.3 Å². The number of carbonyl (C=O) groups is 1. The first kappa shape index (κ1) is 17.8. The van der Waals surface area contributed by atoms with Crippen molar-refractivity contribution in [3.63, 3.8) is 0 Å². The average molecular weight is 367 g/mol. The number of benzene rings is 1. The number of ether oxygens (including phenoxy) is 1. The Bertz CT molecular complexity index is 870. The number of nitrogens with zero attached hydrogens (tertiary/aromatic N) is 1. The number of amides is 1. The van der Waals surface area contributed by atoms with Crippen LogP contribution in [0.1, 0.15) is 36.4 Å². The van der Waals surface area contributed by atoms with Crippen molar-refractivity contribution in [1.82, 2.24) is 15.2 Å². The lowest BCUT2D eigenvalue weighted by Gasteiger charge is -2.39. The predicted octanol–water partition coefficient (Wildman–Crippen LogP) is 2.02. The quantitative estimate of drug-likeness (QED) is 0.867. The molecule has 27 heavy (non-hydrogen) atoms. The standard InChI is InChI=1S/C21H25N3O3/c1-27-19-13-22-16(11-18(19)25)14-24-9-7-21(8-10-24)12-17(20(26)23-21)15-5-3-2-4-6-15/h2-6,11,13,17H,7-10,12,14H2,1H3,(H,22,25)(H,23,26). The summed E-state index contributed by atoms with van der Waals surface area (Å²) in [7, 11) is 1.49. The maximum atomic E-state index is 12.5. The van der Waals surface area contributed by atoms with Crippen molar-refractivity contribution in [3.05, 3.63) is 64.1 Å². The minimum atomic E-state index is -0.103. The zero-order chi connectivity index (χ0) is 18.9. The molecule has 0 aliphatic carbocycles. The highest BCUT2D eigenvalue weighted by Crippen LogP contribution is 2.39. The van der Waals surface area contributed by atoms with E-state index < -0.39 is 0 Å². The molecule has 0 saturated carbocycles. The first-order chi connectivity index (χ1) is 13.1. The third kappa shape index (κ3) is 3.62. The molecule has 2 aliphatic rings. The highest BCUT2D eigenvalue weighted by atomic mass is 16.5. The minimum Gasteiger partial charge on any atom is -0.491 e. The third-order valence-electron chi connectivity index (χ3n) is 5.87. The summed E-state index contributed by atoms with van der Waals surface area (Å²) in [5, 5.41) is 3.29. The summed E-state index contributed by atoms with van der Waals surface area (Å²) >= 11 is 0. The fourth-order valence-electron chi connectivity index (χ4n) is 4.30. The average Bonchev–Trinajstić information content (AvgIpc) is 3.01. The van der Waals surface area contributed by atoms with Crippen molar-refractivity contribution in [2.75, 3.05) is 20.2 Å². The van der Waals surface area contributed by atoms with Crippen LogP contribution < -0.4 is 15.5 Å². The van der Waals surface area contributed by atoms with Crippen LogP contribution in [0.15, 0.2) is 47.4 Å². The van der Waals surface area contributed by atoms with Gasteiger partial charge >= 0.3 is 0 Å². The second-order valence-corrected chi connectivity index (χ2v) is 7.60. The fourth-order valence-corrected chi connectivity index (χ4v) is 4.30. The number of methoxy groups -OCH3 is 1. The molecule has 1 aromatic carbocycles. The molecular formula is C21H25N3O3. The normalized spacial score (nSPS) is 22.0. The van der Waals surface area contributed by atoms with E-state index in [9.17, 15) is 9.59 Å². The summed E-state index contributed by atoms with van der Waals surface area (Å²) in [5.41, 5.74) is 1.79. The molecule has 0 radical (unpaired) electrons. The van der Waals surface area contributed by atoms with E-state index in [1.807, 2.05) is 30.3 Å². The van der Waals surface area contributed by atoms with E-state index in [0.29, 0.717) is 12.3 Å².